The van der Waals surface area contributed by atoms with E-state index in [9.17, 15) is 9.59 Å². The molecule has 1 saturated heterocycles. The van der Waals surface area contributed by atoms with Crippen LogP contribution in [0, 0.1) is 0 Å². The first-order valence-corrected chi connectivity index (χ1v) is 10.3. The van der Waals surface area contributed by atoms with Crippen LogP contribution in [0.5, 0.6) is 5.75 Å². The fourth-order valence-electron chi connectivity index (χ4n) is 3.72. The molecule has 3 heterocycles. The van der Waals surface area contributed by atoms with Gasteiger partial charge in [0, 0.05) is 43.0 Å². The van der Waals surface area contributed by atoms with Gasteiger partial charge >= 0.3 is 6.03 Å². The first kappa shape index (κ1) is 20.6. The molecule has 1 aromatic carbocycles. The number of urea groups is 1. The van der Waals surface area contributed by atoms with Gasteiger partial charge in [0.1, 0.15) is 11.6 Å². The number of methoxy groups -OCH3 is 1. The van der Waals surface area contributed by atoms with Gasteiger partial charge in [0.15, 0.2) is 5.65 Å². The van der Waals surface area contributed by atoms with E-state index in [1.54, 1.807) is 42.5 Å². The second kappa shape index (κ2) is 8.63. The molecule has 3 aromatic rings. The largest absolute Gasteiger partial charge is 0.497 e. The Hall–Kier alpha value is -3.62. The summed E-state index contributed by atoms with van der Waals surface area (Å²) in [7, 11) is 1.58. The summed E-state index contributed by atoms with van der Waals surface area (Å²) < 4.78 is 7.05. The average Bonchev–Trinajstić information content (AvgIpc) is 3.40. The number of benzene rings is 1. The van der Waals surface area contributed by atoms with E-state index in [0.29, 0.717) is 35.7 Å². The van der Waals surface area contributed by atoms with Crippen LogP contribution in [0.2, 0.25) is 0 Å². The highest BCUT2D eigenvalue weighted by atomic mass is 16.5. The van der Waals surface area contributed by atoms with E-state index in [2.05, 4.69) is 20.8 Å². The van der Waals surface area contributed by atoms with Gasteiger partial charge in [-0.2, -0.15) is 0 Å². The number of carbonyl (C=O) groups excluding carboxylic acids is 2. The molecule has 0 bridgehead atoms. The molecule has 1 fully saturated rings. The summed E-state index contributed by atoms with van der Waals surface area (Å²) in [6, 6.07) is 10.7. The normalized spacial score (nSPS) is 16.0. The van der Waals surface area contributed by atoms with Crippen molar-refractivity contribution >= 4 is 23.3 Å². The second-order valence-corrected chi connectivity index (χ2v) is 7.93. The van der Waals surface area contributed by atoms with Gasteiger partial charge in [-0.05, 0) is 44.5 Å². The Labute approximate surface area is 180 Å². The fourth-order valence-corrected chi connectivity index (χ4v) is 3.72. The zero-order valence-electron chi connectivity index (χ0n) is 17.8. The molecule has 0 spiro atoms. The lowest BCUT2D eigenvalue weighted by Crippen LogP contribution is -2.41. The minimum absolute atomic E-state index is 0.0598. The molecule has 3 amide bonds. The molecular weight excluding hydrogens is 396 g/mol. The van der Waals surface area contributed by atoms with Crippen LogP contribution in [-0.4, -0.2) is 57.7 Å². The van der Waals surface area contributed by atoms with Gasteiger partial charge in [-0.3, -0.25) is 9.20 Å². The summed E-state index contributed by atoms with van der Waals surface area (Å²) in [5.74, 6) is 1.25. The smallest absolute Gasteiger partial charge is 0.317 e. The van der Waals surface area contributed by atoms with Crippen LogP contribution in [-0.2, 0) is 0 Å². The number of aromatic nitrogens is 3. The highest BCUT2D eigenvalue weighted by molar-refractivity contribution is 6.04. The maximum Gasteiger partial charge on any atom is 0.317 e. The minimum atomic E-state index is -0.237. The summed E-state index contributed by atoms with van der Waals surface area (Å²) in [6.07, 6.45) is 2.55. The van der Waals surface area contributed by atoms with Gasteiger partial charge in [0.05, 0.1) is 12.7 Å². The van der Waals surface area contributed by atoms with Gasteiger partial charge in [-0.25, -0.2) is 4.79 Å². The third kappa shape index (κ3) is 4.45. The number of amides is 3. The molecule has 1 atom stereocenters. The number of nitrogens with zero attached hydrogens (tertiary/aromatic N) is 4. The monoisotopic (exact) mass is 422 g/mol. The van der Waals surface area contributed by atoms with Crippen molar-refractivity contribution in [3.8, 4) is 5.75 Å². The number of hydrogen-bond donors (Lipinski definition) is 2. The molecule has 0 radical (unpaired) electrons. The van der Waals surface area contributed by atoms with Crippen molar-refractivity contribution in [2.24, 2.45) is 0 Å². The maximum atomic E-state index is 12.8. The third-order valence-corrected chi connectivity index (χ3v) is 5.27. The zero-order valence-corrected chi connectivity index (χ0v) is 17.8. The number of anilines is 1. The third-order valence-electron chi connectivity index (χ3n) is 5.27. The van der Waals surface area contributed by atoms with Crippen LogP contribution in [0.4, 0.5) is 10.5 Å². The van der Waals surface area contributed by atoms with Crippen molar-refractivity contribution < 1.29 is 14.3 Å². The number of carbonyl (C=O) groups is 2. The van der Waals surface area contributed by atoms with Gasteiger partial charge in [-0.15, -0.1) is 10.2 Å². The molecule has 4 rings (SSSR count). The highest BCUT2D eigenvalue weighted by Crippen LogP contribution is 2.27. The Morgan fingerprint density at radius 1 is 1.19 bits per heavy atom. The number of fused-ring (bicyclic) bond motifs is 1. The van der Waals surface area contributed by atoms with Crippen LogP contribution >= 0.6 is 0 Å². The van der Waals surface area contributed by atoms with Crippen LogP contribution in [0.3, 0.4) is 0 Å². The Kier molecular flexibility index (Phi) is 5.75. The quantitative estimate of drug-likeness (QED) is 0.658. The van der Waals surface area contributed by atoms with Gasteiger partial charge in [0.25, 0.3) is 5.91 Å². The standard InChI is InChI=1S/C22H26N6O3/c1-14(2)23-22(30)27-10-9-15(12-27)20-26-25-19-8-7-16(13-28(19)20)21(29)24-17-5-4-6-18(11-17)31-3/h4-8,11,13-15H,9-10,12H2,1-3H3,(H,23,30)(H,24,29). The van der Waals surface area contributed by atoms with E-state index in [1.807, 2.05) is 30.4 Å². The summed E-state index contributed by atoms with van der Waals surface area (Å²) in [4.78, 5) is 26.9. The molecule has 0 aliphatic carbocycles. The summed E-state index contributed by atoms with van der Waals surface area (Å²) in [5, 5.41) is 14.4. The molecule has 2 aromatic heterocycles. The van der Waals surface area contributed by atoms with E-state index in [-0.39, 0.29) is 23.9 Å². The lowest BCUT2D eigenvalue weighted by Gasteiger charge is -2.18. The summed E-state index contributed by atoms with van der Waals surface area (Å²) in [5.41, 5.74) is 1.80. The van der Waals surface area contributed by atoms with Crippen molar-refractivity contribution in [3.63, 3.8) is 0 Å². The summed E-state index contributed by atoms with van der Waals surface area (Å²) >= 11 is 0. The van der Waals surface area contributed by atoms with Crippen molar-refractivity contribution in [2.45, 2.75) is 32.2 Å². The number of likely N-dealkylation sites (tertiary alicyclic amines) is 1. The number of ether oxygens (including phenoxy) is 1. The minimum Gasteiger partial charge on any atom is -0.497 e. The SMILES string of the molecule is COc1cccc(NC(=O)c2ccc3nnc(C4CCN(C(=O)NC(C)C)C4)n3c2)c1. The van der Waals surface area contributed by atoms with Crippen LogP contribution in [0.25, 0.3) is 5.65 Å². The lowest BCUT2D eigenvalue weighted by molar-refractivity contribution is 0.102. The van der Waals surface area contributed by atoms with Crippen LogP contribution in [0.1, 0.15) is 42.4 Å². The number of pyridine rings is 1. The molecule has 2 N–H and O–H groups in total. The molecule has 162 valence electrons. The van der Waals surface area contributed by atoms with Gasteiger partial charge in [-0.1, -0.05) is 6.07 Å². The fraction of sp³-hybridized carbons (Fsp3) is 0.364. The predicted octanol–water partition coefficient (Wildman–Crippen LogP) is 2.90. The van der Waals surface area contributed by atoms with E-state index in [1.165, 1.54) is 0 Å². The molecule has 1 unspecified atom stereocenters. The van der Waals surface area contributed by atoms with Crippen molar-refractivity contribution in [2.75, 3.05) is 25.5 Å². The number of nitrogens with one attached hydrogen (secondary N) is 2. The Balaban J connectivity index is 1.52. The molecule has 1 aliphatic rings. The second-order valence-electron chi connectivity index (χ2n) is 7.93. The van der Waals surface area contributed by atoms with Crippen LogP contribution in [0.15, 0.2) is 42.6 Å². The van der Waals surface area contributed by atoms with E-state index >= 15 is 0 Å². The van der Waals surface area contributed by atoms with Crippen LogP contribution < -0.4 is 15.4 Å². The zero-order chi connectivity index (χ0) is 22.0. The van der Waals surface area contributed by atoms with E-state index < -0.39 is 0 Å². The Morgan fingerprint density at radius 3 is 2.81 bits per heavy atom. The first-order chi connectivity index (χ1) is 14.9. The lowest BCUT2D eigenvalue weighted by atomic mass is 10.1. The molecular formula is C22H26N6O3. The van der Waals surface area contributed by atoms with Gasteiger partial charge in [0.2, 0.25) is 0 Å². The van der Waals surface area contributed by atoms with Crippen molar-refractivity contribution in [3.05, 3.63) is 54.0 Å². The number of rotatable bonds is 5. The van der Waals surface area contributed by atoms with Crippen molar-refractivity contribution in [1.29, 1.82) is 0 Å². The van der Waals surface area contributed by atoms with Crippen molar-refractivity contribution in [1.82, 2.24) is 24.8 Å². The molecule has 9 nitrogen and oxygen atoms in total. The van der Waals surface area contributed by atoms with E-state index in [4.69, 9.17) is 4.74 Å². The molecule has 9 heteroatoms. The molecule has 31 heavy (non-hydrogen) atoms. The number of hydrogen-bond acceptors (Lipinski definition) is 5. The van der Waals surface area contributed by atoms with Gasteiger partial charge < -0.3 is 20.3 Å². The highest BCUT2D eigenvalue weighted by Gasteiger charge is 2.30. The first-order valence-electron chi connectivity index (χ1n) is 10.3. The van der Waals surface area contributed by atoms with E-state index in [0.717, 1.165) is 12.2 Å². The Bertz CT molecular complexity index is 1110. The topological polar surface area (TPSA) is 101 Å². The average molecular weight is 422 g/mol. The molecule has 1 aliphatic heterocycles. The molecule has 0 saturated carbocycles. The predicted molar refractivity (Wildman–Crippen MR) is 117 cm³/mol. The summed E-state index contributed by atoms with van der Waals surface area (Å²) in [6.45, 7) is 5.11. The Morgan fingerprint density at radius 2 is 2.03 bits per heavy atom. The maximum absolute atomic E-state index is 12.8.